The van der Waals surface area contributed by atoms with Crippen LogP contribution in [0.15, 0.2) is 59.6 Å². The quantitative estimate of drug-likeness (QED) is 0.755. The lowest BCUT2D eigenvalue weighted by atomic mass is 10.1. The standard InChI is InChI=1S/C20H24N2OS/c1-3-5-20-13-19(8-10-23-2)16-22(9-11-24-20)15-18-7-4-6-17(12-18)14-21/h3-8,12H,1,9-11,13,15-16H2,2H3/b19-8+,20-5+. The fourth-order valence-electron chi connectivity index (χ4n) is 2.71. The minimum absolute atomic E-state index is 0.638. The number of hydrogen-bond acceptors (Lipinski definition) is 4. The topological polar surface area (TPSA) is 36.3 Å². The van der Waals surface area contributed by atoms with Crippen molar-refractivity contribution < 1.29 is 4.74 Å². The van der Waals surface area contributed by atoms with Gasteiger partial charge in [-0.05, 0) is 22.6 Å². The number of nitrogens with zero attached hydrogens (tertiary/aromatic N) is 2. The van der Waals surface area contributed by atoms with Crippen molar-refractivity contribution in [3.8, 4) is 6.07 Å². The number of hydrogen-bond donors (Lipinski definition) is 0. The van der Waals surface area contributed by atoms with Gasteiger partial charge in [-0.1, -0.05) is 42.5 Å². The van der Waals surface area contributed by atoms with Crippen molar-refractivity contribution in [3.63, 3.8) is 0 Å². The Bertz CT molecular complexity index is 658. The Morgan fingerprint density at radius 2 is 2.33 bits per heavy atom. The van der Waals surface area contributed by atoms with Crippen molar-refractivity contribution in [2.24, 2.45) is 0 Å². The van der Waals surface area contributed by atoms with Gasteiger partial charge in [0, 0.05) is 38.9 Å². The summed E-state index contributed by atoms with van der Waals surface area (Å²) in [5, 5.41) is 9.06. The molecule has 0 atom stereocenters. The first-order valence-electron chi connectivity index (χ1n) is 8.07. The number of rotatable bonds is 5. The smallest absolute Gasteiger partial charge is 0.0991 e. The maximum absolute atomic E-state index is 9.06. The van der Waals surface area contributed by atoms with Gasteiger partial charge < -0.3 is 4.74 Å². The fraction of sp³-hybridized carbons (Fsp3) is 0.350. The molecular formula is C20H24N2OS. The van der Waals surface area contributed by atoms with Gasteiger partial charge in [0.05, 0.1) is 18.2 Å². The molecule has 0 spiro atoms. The van der Waals surface area contributed by atoms with Gasteiger partial charge in [-0.2, -0.15) is 5.26 Å². The van der Waals surface area contributed by atoms with E-state index in [9.17, 15) is 0 Å². The van der Waals surface area contributed by atoms with Gasteiger partial charge in [-0.3, -0.25) is 4.90 Å². The molecule has 0 bridgehead atoms. The molecule has 3 nitrogen and oxygen atoms in total. The Kier molecular flexibility index (Phi) is 7.84. The molecule has 2 rings (SSSR count). The molecule has 0 radical (unpaired) electrons. The Balaban J connectivity index is 2.11. The zero-order valence-electron chi connectivity index (χ0n) is 14.2. The lowest BCUT2D eigenvalue weighted by molar-refractivity contribution is 0.231. The zero-order valence-corrected chi connectivity index (χ0v) is 15.0. The molecule has 4 heteroatoms. The van der Waals surface area contributed by atoms with Crippen molar-refractivity contribution in [3.05, 3.63) is 70.7 Å². The van der Waals surface area contributed by atoms with Crippen LogP contribution in [-0.2, 0) is 11.3 Å². The Hall–Kier alpha value is -1.80. The second-order valence-electron chi connectivity index (χ2n) is 5.73. The van der Waals surface area contributed by atoms with Crippen LogP contribution in [0.4, 0.5) is 0 Å². The summed E-state index contributed by atoms with van der Waals surface area (Å²) in [6.07, 6.45) is 7.11. The molecule has 1 saturated heterocycles. The van der Waals surface area contributed by atoms with Gasteiger partial charge in [0.1, 0.15) is 0 Å². The van der Waals surface area contributed by atoms with Gasteiger partial charge in [-0.15, -0.1) is 11.8 Å². The molecule has 126 valence electrons. The highest BCUT2D eigenvalue weighted by molar-refractivity contribution is 8.03. The third kappa shape index (κ3) is 6.01. The molecule has 1 aromatic rings. The average molecular weight is 340 g/mol. The summed E-state index contributed by atoms with van der Waals surface area (Å²) in [7, 11) is 1.72. The van der Waals surface area contributed by atoms with E-state index < -0.39 is 0 Å². The highest BCUT2D eigenvalue weighted by Gasteiger charge is 2.14. The lowest BCUT2D eigenvalue weighted by Gasteiger charge is -2.27. The average Bonchev–Trinajstić information content (AvgIpc) is 2.57. The summed E-state index contributed by atoms with van der Waals surface area (Å²) in [4.78, 5) is 3.80. The van der Waals surface area contributed by atoms with Crippen molar-refractivity contribution in [1.82, 2.24) is 4.90 Å². The maximum Gasteiger partial charge on any atom is 0.0991 e. The Morgan fingerprint density at radius 3 is 3.08 bits per heavy atom. The number of methoxy groups -OCH3 is 1. The van der Waals surface area contributed by atoms with Crippen LogP contribution >= 0.6 is 11.8 Å². The van der Waals surface area contributed by atoms with Gasteiger partial charge in [-0.25, -0.2) is 0 Å². The van der Waals surface area contributed by atoms with E-state index in [1.165, 1.54) is 16.0 Å². The van der Waals surface area contributed by atoms with E-state index in [4.69, 9.17) is 10.00 Å². The van der Waals surface area contributed by atoms with Gasteiger partial charge in [0.2, 0.25) is 0 Å². The van der Waals surface area contributed by atoms with E-state index in [0.717, 1.165) is 37.4 Å². The van der Waals surface area contributed by atoms with Gasteiger partial charge >= 0.3 is 0 Å². The molecule has 1 aliphatic rings. The molecule has 24 heavy (non-hydrogen) atoms. The second kappa shape index (κ2) is 10.1. The number of benzene rings is 1. The summed E-state index contributed by atoms with van der Waals surface area (Å²) < 4.78 is 5.22. The Labute approximate surface area is 149 Å². The van der Waals surface area contributed by atoms with E-state index in [-0.39, 0.29) is 0 Å². The second-order valence-corrected chi connectivity index (χ2v) is 6.96. The summed E-state index contributed by atoms with van der Waals surface area (Å²) in [5.74, 6) is 1.06. The normalized spacial score (nSPS) is 19.7. The SMILES string of the molecule is C=C/C=C1\C/C(=C\COC)CN(Cc2cccc(C#N)c2)CCS1. The molecular weight excluding hydrogens is 316 g/mol. The summed E-state index contributed by atoms with van der Waals surface area (Å²) >= 11 is 1.90. The van der Waals surface area contributed by atoms with Crippen LogP contribution in [0, 0.1) is 11.3 Å². The highest BCUT2D eigenvalue weighted by Crippen LogP contribution is 2.27. The van der Waals surface area contributed by atoms with Crippen LogP contribution in [0.3, 0.4) is 0 Å². The molecule has 0 aromatic heterocycles. The highest BCUT2D eigenvalue weighted by atomic mass is 32.2. The minimum Gasteiger partial charge on any atom is -0.381 e. The van der Waals surface area contributed by atoms with Crippen LogP contribution in [0.5, 0.6) is 0 Å². The molecule has 0 aliphatic carbocycles. The van der Waals surface area contributed by atoms with Gasteiger partial charge in [0.25, 0.3) is 0 Å². The monoisotopic (exact) mass is 340 g/mol. The molecule has 0 amide bonds. The van der Waals surface area contributed by atoms with Crippen LogP contribution in [0.25, 0.3) is 0 Å². The molecule has 1 aliphatic heterocycles. The van der Waals surface area contributed by atoms with E-state index in [1.54, 1.807) is 7.11 Å². The Morgan fingerprint density at radius 1 is 1.46 bits per heavy atom. The molecule has 1 aromatic carbocycles. The van der Waals surface area contributed by atoms with E-state index in [2.05, 4.69) is 35.8 Å². The first-order chi connectivity index (χ1) is 11.7. The first kappa shape index (κ1) is 18.5. The fourth-order valence-corrected chi connectivity index (χ4v) is 3.80. The van der Waals surface area contributed by atoms with E-state index in [1.807, 2.05) is 36.0 Å². The minimum atomic E-state index is 0.638. The molecule has 0 N–H and O–H groups in total. The summed E-state index contributed by atoms with van der Waals surface area (Å²) in [5.41, 5.74) is 3.28. The van der Waals surface area contributed by atoms with E-state index in [0.29, 0.717) is 6.61 Å². The van der Waals surface area contributed by atoms with Crippen molar-refractivity contribution in [1.29, 1.82) is 5.26 Å². The molecule has 0 saturated carbocycles. The molecule has 1 fully saturated rings. The number of allylic oxidation sites excluding steroid dienone is 3. The largest absolute Gasteiger partial charge is 0.381 e. The maximum atomic E-state index is 9.06. The lowest BCUT2D eigenvalue weighted by Crippen LogP contribution is -2.29. The zero-order chi connectivity index (χ0) is 17.2. The van der Waals surface area contributed by atoms with Crippen LogP contribution in [-0.4, -0.2) is 37.5 Å². The number of nitriles is 1. The predicted molar refractivity (Wildman–Crippen MR) is 102 cm³/mol. The third-order valence-electron chi connectivity index (χ3n) is 3.83. The van der Waals surface area contributed by atoms with Crippen molar-refractivity contribution in [2.75, 3.05) is 32.6 Å². The predicted octanol–water partition coefficient (Wildman–Crippen LogP) is 4.14. The number of thioether (sulfide) groups is 1. The third-order valence-corrected chi connectivity index (χ3v) is 4.87. The molecule has 0 unspecified atom stereocenters. The first-order valence-corrected chi connectivity index (χ1v) is 9.06. The van der Waals surface area contributed by atoms with Gasteiger partial charge in [0.15, 0.2) is 0 Å². The van der Waals surface area contributed by atoms with Crippen LogP contribution in [0.2, 0.25) is 0 Å². The van der Waals surface area contributed by atoms with Crippen LogP contribution < -0.4 is 0 Å². The van der Waals surface area contributed by atoms with Crippen LogP contribution in [0.1, 0.15) is 17.5 Å². The molecule has 1 heterocycles. The van der Waals surface area contributed by atoms with Crippen molar-refractivity contribution >= 4 is 11.8 Å². The number of ether oxygens (including phenoxy) is 1. The summed E-state index contributed by atoms with van der Waals surface area (Å²) in [6.45, 7) is 7.25. The summed E-state index contributed by atoms with van der Waals surface area (Å²) in [6, 6.07) is 10.1. The van der Waals surface area contributed by atoms with E-state index >= 15 is 0 Å². The van der Waals surface area contributed by atoms with Crippen molar-refractivity contribution in [2.45, 2.75) is 13.0 Å².